The highest BCUT2D eigenvalue weighted by molar-refractivity contribution is 5.87. The molecule has 4 rings (SSSR count). The van der Waals surface area contributed by atoms with Crippen molar-refractivity contribution in [2.45, 2.75) is 31.0 Å². The molecule has 0 radical (unpaired) electrons. The molecule has 0 atom stereocenters. The van der Waals surface area contributed by atoms with Crippen LogP contribution in [-0.2, 0) is 18.0 Å². The first-order chi connectivity index (χ1) is 15.3. The first-order valence-electron chi connectivity index (χ1n) is 10.4. The van der Waals surface area contributed by atoms with Crippen molar-refractivity contribution in [1.29, 1.82) is 0 Å². The maximum absolute atomic E-state index is 13.5. The summed E-state index contributed by atoms with van der Waals surface area (Å²) in [4.78, 5) is 27.5. The minimum absolute atomic E-state index is 0.0646. The van der Waals surface area contributed by atoms with E-state index in [0.717, 1.165) is 22.9 Å². The molecule has 1 aromatic heterocycles. The van der Waals surface area contributed by atoms with E-state index in [9.17, 15) is 22.8 Å². The highest BCUT2D eigenvalue weighted by atomic mass is 19.4. The second-order valence-corrected chi connectivity index (χ2v) is 7.92. The van der Waals surface area contributed by atoms with Gasteiger partial charge < -0.3 is 4.90 Å². The van der Waals surface area contributed by atoms with Gasteiger partial charge in [-0.2, -0.15) is 13.2 Å². The van der Waals surface area contributed by atoms with E-state index >= 15 is 0 Å². The third-order valence-electron chi connectivity index (χ3n) is 5.89. The molecule has 2 aromatic carbocycles. The minimum atomic E-state index is -4.70. The van der Waals surface area contributed by atoms with Gasteiger partial charge in [-0.05, 0) is 24.0 Å². The largest absolute Gasteiger partial charge is 0.451 e. The van der Waals surface area contributed by atoms with Gasteiger partial charge in [0.1, 0.15) is 0 Å². The second-order valence-electron chi connectivity index (χ2n) is 7.92. The molecule has 3 aromatic rings. The molecule has 0 unspecified atom stereocenters. The number of carbonyl (C=O) groups is 1. The fourth-order valence-electron chi connectivity index (χ4n) is 4.22. The molecule has 168 valence electrons. The van der Waals surface area contributed by atoms with Gasteiger partial charge in [0.15, 0.2) is 0 Å². The molecule has 0 aliphatic carbocycles. The van der Waals surface area contributed by atoms with Crippen LogP contribution in [0.2, 0.25) is 0 Å². The van der Waals surface area contributed by atoms with Crippen LogP contribution < -0.4 is 5.69 Å². The smallest absolute Gasteiger partial charge is 0.342 e. The molecular weight excluding hydrogens is 421 g/mol. The van der Waals surface area contributed by atoms with Crippen molar-refractivity contribution in [1.82, 2.24) is 19.2 Å². The van der Waals surface area contributed by atoms with Crippen LogP contribution in [0.4, 0.5) is 13.2 Å². The first kappa shape index (κ1) is 21.9. The number of halogens is 3. The van der Waals surface area contributed by atoms with Crippen molar-refractivity contribution < 1.29 is 18.0 Å². The zero-order valence-corrected chi connectivity index (χ0v) is 17.5. The lowest BCUT2D eigenvalue weighted by Crippen LogP contribution is -2.43. The van der Waals surface area contributed by atoms with E-state index in [1.54, 1.807) is 4.90 Å². The van der Waals surface area contributed by atoms with Crippen molar-refractivity contribution in [2.24, 2.45) is 7.05 Å². The Morgan fingerprint density at radius 2 is 1.47 bits per heavy atom. The van der Waals surface area contributed by atoms with Gasteiger partial charge in [0.05, 0.1) is 12.0 Å². The zero-order valence-electron chi connectivity index (χ0n) is 17.5. The highest BCUT2D eigenvalue weighted by Gasteiger charge is 2.39. The summed E-state index contributed by atoms with van der Waals surface area (Å²) in [5, 5.41) is 3.54. The van der Waals surface area contributed by atoms with E-state index in [0.29, 0.717) is 30.5 Å². The number of amides is 1. The average molecular weight is 444 g/mol. The maximum Gasteiger partial charge on any atom is 0.451 e. The molecule has 1 saturated heterocycles. The lowest BCUT2D eigenvalue weighted by atomic mass is 9.89. The summed E-state index contributed by atoms with van der Waals surface area (Å²) in [5.41, 5.74) is 0.955. The van der Waals surface area contributed by atoms with Crippen molar-refractivity contribution in [3.63, 3.8) is 0 Å². The molecule has 1 aliphatic rings. The van der Waals surface area contributed by atoms with Crippen molar-refractivity contribution in [3.05, 3.63) is 88.1 Å². The van der Waals surface area contributed by atoms with E-state index < -0.39 is 29.7 Å². The van der Waals surface area contributed by atoms with E-state index in [2.05, 4.69) is 5.10 Å². The molecule has 1 aliphatic heterocycles. The molecule has 1 amide bonds. The van der Waals surface area contributed by atoms with Crippen LogP contribution in [0.5, 0.6) is 0 Å². The number of hydrogen-bond acceptors (Lipinski definition) is 3. The van der Waals surface area contributed by atoms with Crippen LogP contribution >= 0.6 is 0 Å². The molecular formula is C23H23F3N4O2. The molecule has 0 N–H and O–H groups in total. The Morgan fingerprint density at radius 1 is 0.969 bits per heavy atom. The number of alkyl halides is 3. The molecule has 1 fully saturated rings. The standard InChI is InChI=1S/C23H23F3N4O2/c1-28-21(23(24,25)26)27-30(22(28)32)18-12-14-29(15-13-18)20(31)19(16-8-4-2-5-9-16)17-10-6-3-7-11-17/h2-11,18-19H,12-15H2,1H3. The molecule has 0 spiro atoms. The van der Waals surface area contributed by atoms with Gasteiger partial charge in [-0.1, -0.05) is 60.7 Å². The van der Waals surface area contributed by atoms with Crippen molar-refractivity contribution in [3.8, 4) is 0 Å². The number of carbonyl (C=O) groups excluding carboxylic acids is 1. The Morgan fingerprint density at radius 3 is 1.91 bits per heavy atom. The Labute approximate surface area is 182 Å². The Kier molecular flexibility index (Phi) is 5.90. The van der Waals surface area contributed by atoms with E-state index in [1.807, 2.05) is 60.7 Å². The third-order valence-corrected chi connectivity index (χ3v) is 5.89. The Hall–Kier alpha value is -3.36. The van der Waals surface area contributed by atoms with Crippen LogP contribution in [0.15, 0.2) is 65.5 Å². The van der Waals surface area contributed by atoms with E-state index in [-0.39, 0.29) is 5.91 Å². The number of rotatable bonds is 4. The third kappa shape index (κ3) is 4.19. The van der Waals surface area contributed by atoms with Gasteiger partial charge in [-0.15, -0.1) is 5.10 Å². The molecule has 0 bridgehead atoms. The highest BCUT2D eigenvalue weighted by Crippen LogP contribution is 2.31. The molecule has 32 heavy (non-hydrogen) atoms. The molecule has 0 saturated carbocycles. The van der Waals surface area contributed by atoms with Crippen LogP contribution in [0, 0.1) is 0 Å². The summed E-state index contributed by atoms with van der Waals surface area (Å²) in [6, 6.07) is 18.5. The molecule has 2 heterocycles. The zero-order chi connectivity index (χ0) is 22.9. The Balaban J connectivity index is 1.54. The van der Waals surface area contributed by atoms with Crippen LogP contribution in [0.25, 0.3) is 0 Å². The predicted octanol–water partition coefficient (Wildman–Crippen LogP) is 3.60. The van der Waals surface area contributed by atoms with Gasteiger partial charge in [0, 0.05) is 20.1 Å². The van der Waals surface area contributed by atoms with E-state index in [1.165, 1.54) is 0 Å². The quantitative estimate of drug-likeness (QED) is 0.618. The van der Waals surface area contributed by atoms with Gasteiger partial charge in [-0.3, -0.25) is 9.36 Å². The van der Waals surface area contributed by atoms with Gasteiger partial charge >= 0.3 is 11.9 Å². The van der Waals surface area contributed by atoms with Crippen molar-refractivity contribution in [2.75, 3.05) is 13.1 Å². The topological polar surface area (TPSA) is 60.1 Å². The molecule has 6 nitrogen and oxygen atoms in total. The van der Waals surface area contributed by atoms with E-state index in [4.69, 9.17) is 0 Å². The summed E-state index contributed by atoms with van der Waals surface area (Å²) in [6.07, 6.45) is -3.99. The number of hydrogen-bond donors (Lipinski definition) is 0. The average Bonchev–Trinajstić information content (AvgIpc) is 3.10. The summed E-state index contributed by atoms with van der Waals surface area (Å²) < 4.78 is 40.7. The number of benzene rings is 2. The van der Waals surface area contributed by atoms with Crippen LogP contribution in [-0.4, -0.2) is 38.2 Å². The predicted molar refractivity (Wildman–Crippen MR) is 112 cm³/mol. The Bertz CT molecular complexity index is 1090. The summed E-state index contributed by atoms with van der Waals surface area (Å²) >= 11 is 0. The second kappa shape index (κ2) is 8.64. The maximum atomic E-state index is 13.5. The first-order valence-corrected chi connectivity index (χ1v) is 10.4. The monoisotopic (exact) mass is 444 g/mol. The lowest BCUT2D eigenvalue weighted by Gasteiger charge is -2.34. The van der Waals surface area contributed by atoms with Crippen molar-refractivity contribution >= 4 is 5.91 Å². The number of piperidine rings is 1. The van der Waals surface area contributed by atoms with Gasteiger partial charge in [-0.25, -0.2) is 9.48 Å². The fraction of sp³-hybridized carbons (Fsp3) is 0.348. The SMILES string of the molecule is Cn1c(C(F)(F)F)nn(C2CCN(C(=O)C(c3ccccc3)c3ccccc3)CC2)c1=O. The normalized spacial score (nSPS) is 15.3. The molecule has 9 heteroatoms. The van der Waals surface area contributed by atoms with Crippen LogP contribution in [0.1, 0.15) is 41.8 Å². The van der Waals surface area contributed by atoms with Crippen LogP contribution in [0.3, 0.4) is 0 Å². The van der Waals surface area contributed by atoms with Gasteiger partial charge in [0.2, 0.25) is 11.7 Å². The number of likely N-dealkylation sites (tertiary alicyclic amines) is 1. The summed E-state index contributed by atoms with van der Waals surface area (Å²) in [7, 11) is 1.07. The lowest BCUT2D eigenvalue weighted by molar-refractivity contribution is -0.147. The summed E-state index contributed by atoms with van der Waals surface area (Å²) in [6.45, 7) is 0.675. The number of aromatic nitrogens is 3. The van der Waals surface area contributed by atoms with Gasteiger partial charge in [0.25, 0.3) is 0 Å². The fourth-order valence-corrected chi connectivity index (χ4v) is 4.22. The summed E-state index contributed by atoms with van der Waals surface area (Å²) in [5.74, 6) is -1.75. The number of nitrogens with zero attached hydrogens (tertiary/aromatic N) is 4. The minimum Gasteiger partial charge on any atom is -0.342 e.